The van der Waals surface area contributed by atoms with Crippen molar-refractivity contribution in [2.75, 3.05) is 0 Å². The monoisotopic (exact) mass is 271 g/mol. The van der Waals surface area contributed by atoms with Gasteiger partial charge in [-0.15, -0.1) is 0 Å². The molecule has 1 aromatic carbocycles. The number of hydrogen-bond donors (Lipinski definition) is 1. The minimum absolute atomic E-state index is 0.124. The lowest BCUT2D eigenvalue weighted by molar-refractivity contribution is 0.274. The van der Waals surface area contributed by atoms with Crippen LogP contribution in [0.4, 0.5) is 4.39 Å². The number of benzene rings is 1. The van der Waals surface area contributed by atoms with E-state index in [9.17, 15) is 4.39 Å². The Hall–Kier alpha value is -1.16. The summed E-state index contributed by atoms with van der Waals surface area (Å²) in [6.07, 6.45) is 1.35. The van der Waals surface area contributed by atoms with Crippen LogP contribution < -0.4 is 0 Å². The Labute approximate surface area is 108 Å². The molecule has 0 atom stereocenters. The first-order valence-corrected chi connectivity index (χ1v) is 5.58. The fraction of sp³-hybridized carbons (Fsp3) is 0.0833. The topological polar surface area (TPSA) is 33.1 Å². The van der Waals surface area contributed by atoms with Crippen LogP contribution in [-0.2, 0) is 6.61 Å². The van der Waals surface area contributed by atoms with Gasteiger partial charge >= 0.3 is 0 Å². The van der Waals surface area contributed by atoms with E-state index < -0.39 is 12.6 Å². The molecular weight excluding hydrogens is 264 g/mol. The summed E-state index contributed by atoms with van der Waals surface area (Å²) < 4.78 is 13.1. The van der Waals surface area contributed by atoms with E-state index in [0.29, 0.717) is 21.2 Å². The lowest BCUT2D eigenvalue weighted by Crippen LogP contribution is -1.94. The van der Waals surface area contributed by atoms with E-state index in [1.807, 2.05) is 0 Å². The summed E-state index contributed by atoms with van der Waals surface area (Å²) in [5, 5.41) is 9.77. The minimum Gasteiger partial charge on any atom is -0.392 e. The highest BCUT2D eigenvalue weighted by Gasteiger charge is 2.10. The highest BCUT2D eigenvalue weighted by Crippen LogP contribution is 2.33. The molecule has 0 fully saturated rings. The van der Waals surface area contributed by atoms with Crippen LogP contribution in [0.5, 0.6) is 0 Å². The SMILES string of the molecule is OCc1cc(-c2cccc(Cl)c2Cl)cnc1F. The van der Waals surface area contributed by atoms with Gasteiger partial charge in [-0.1, -0.05) is 35.3 Å². The van der Waals surface area contributed by atoms with Gasteiger partial charge in [-0.3, -0.25) is 0 Å². The predicted molar refractivity (Wildman–Crippen MR) is 65.6 cm³/mol. The molecule has 0 aliphatic rings. The van der Waals surface area contributed by atoms with E-state index in [1.54, 1.807) is 18.2 Å². The Balaban J connectivity index is 2.57. The average Bonchev–Trinajstić information content (AvgIpc) is 2.34. The predicted octanol–water partition coefficient (Wildman–Crippen LogP) is 3.69. The standard InChI is InChI=1S/C12H8Cl2FNO/c13-10-3-1-2-9(11(10)14)7-4-8(6-17)12(15)16-5-7/h1-5,17H,6H2. The molecule has 2 rings (SSSR count). The van der Waals surface area contributed by atoms with E-state index in [-0.39, 0.29) is 5.56 Å². The normalized spacial score (nSPS) is 10.6. The number of nitrogens with zero attached hydrogens (tertiary/aromatic N) is 1. The first-order chi connectivity index (χ1) is 8.13. The van der Waals surface area contributed by atoms with Crippen LogP contribution in [-0.4, -0.2) is 10.1 Å². The summed E-state index contributed by atoms with van der Waals surface area (Å²) in [5.41, 5.74) is 1.39. The first-order valence-electron chi connectivity index (χ1n) is 4.83. The first kappa shape index (κ1) is 12.3. The molecule has 0 saturated carbocycles. The molecule has 1 N–H and O–H groups in total. The third-order valence-electron chi connectivity index (χ3n) is 2.34. The van der Waals surface area contributed by atoms with Crippen molar-refractivity contribution in [1.82, 2.24) is 4.98 Å². The van der Waals surface area contributed by atoms with E-state index in [2.05, 4.69) is 4.98 Å². The maximum Gasteiger partial charge on any atom is 0.218 e. The van der Waals surface area contributed by atoms with Crippen LogP contribution in [0, 0.1) is 5.95 Å². The van der Waals surface area contributed by atoms with E-state index >= 15 is 0 Å². The molecule has 0 unspecified atom stereocenters. The molecule has 0 radical (unpaired) electrons. The van der Waals surface area contributed by atoms with Crippen LogP contribution in [0.2, 0.25) is 10.0 Å². The largest absolute Gasteiger partial charge is 0.392 e. The van der Waals surface area contributed by atoms with Gasteiger partial charge < -0.3 is 5.11 Å². The molecule has 2 nitrogen and oxygen atoms in total. The molecule has 1 heterocycles. The van der Waals surface area contributed by atoms with Crippen LogP contribution >= 0.6 is 23.2 Å². The Kier molecular flexibility index (Phi) is 3.62. The molecule has 88 valence electrons. The molecular formula is C12H8Cl2FNO. The lowest BCUT2D eigenvalue weighted by atomic mass is 10.1. The van der Waals surface area contributed by atoms with Crippen molar-refractivity contribution < 1.29 is 9.50 Å². The van der Waals surface area contributed by atoms with E-state index in [0.717, 1.165) is 0 Å². The molecule has 0 aliphatic heterocycles. The molecule has 0 spiro atoms. The number of aliphatic hydroxyl groups is 1. The Morgan fingerprint density at radius 1 is 1.29 bits per heavy atom. The maximum atomic E-state index is 13.1. The van der Waals surface area contributed by atoms with Crippen molar-refractivity contribution in [2.45, 2.75) is 6.61 Å². The van der Waals surface area contributed by atoms with Crippen molar-refractivity contribution in [3.63, 3.8) is 0 Å². The van der Waals surface area contributed by atoms with E-state index in [4.69, 9.17) is 28.3 Å². The third kappa shape index (κ3) is 2.41. The zero-order valence-corrected chi connectivity index (χ0v) is 10.1. The molecule has 0 bridgehead atoms. The summed E-state index contributed by atoms with van der Waals surface area (Å²) in [4.78, 5) is 3.57. The molecule has 0 saturated heterocycles. The number of aliphatic hydroxyl groups excluding tert-OH is 1. The van der Waals surface area contributed by atoms with E-state index in [1.165, 1.54) is 12.3 Å². The second-order valence-corrected chi connectivity index (χ2v) is 4.22. The molecule has 0 amide bonds. The van der Waals surface area contributed by atoms with Gasteiger partial charge in [-0.05, 0) is 12.1 Å². The number of halogens is 3. The van der Waals surface area contributed by atoms with Gasteiger partial charge in [0.05, 0.1) is 16.7 Å². The van der Waals surface area contributed by atoms with Gasteiger partial charge in [-0.2, -0.15) is 4.39 Å². The van der Waals surface area contributed by atoms with Gasteiger partial charge in [0.1, 0.15) is 0 Å². The van der Waals surface area contributed by atoms with Gasteiger partial charge in [0.25, 0.3) is 0 Å². The van der Waals surface area contributed by atoms with Gasteiger partial charge in [0.15, 0.2) is 0 Å². The van der Waals surface area contributed by atoms with Gasteiger partial charge in [-0.25, -0.2) is 4.98 Å². The second kappa shape index (κ2) is 5.00. The fourth-order valence-corrected chi connectivity index (χ4v) is 1.89. The third-order valence-corrected chi connectivity index (χ3v) is 3.16. The van der Waals surface area contributed by atoms with Crippen LogP contribution in [0.25, 0.3) is 11.1 Å². The average molecular weight is 272 g/mol. The molecule has 2 aromatic rings. The molecule has 1 aromatic heterocycles. The highest BCUT2D eigenvalue weighted by atomic mass is 35.5. The summed E-state index contributed by atoms with van der Waals surface area (Å²) >= 11 is 11.9. The highest BCUT2D eigenvalue weighted by molar-refractivity contribution is 6.43. The number of pyridine rings is 1. The Morgan fingerprint density at radius 2 is 2.06 bits per heavy atom. The van der Waals surface area contributed by atoms with Crippen molar-refractivity contribution in [2.24, 2.45) is 0 Å². The van der Waals surface area contributed by atoms with Crippen molar-refractivity contribution in [3.05, 3.63) is 52.0 Å². The molecule has 5 heteroatoms. The van der Waals surface area contributed by atoms with Crippen molar-refractivity contribution >= 4 is 23.2 Å². The van der Waals surface area contributed by atoms with Crippen LogP contribution in [0.1, 0.15) is 5.56 Å². The van der Waals surface area contributed by atoms with Gasteiger partial charge in [0, 0.05) is 22.9 Å². The molecule has 0 aliphatic carbocycles. The van der Waals surface area contributed by atoms with Crippen LogP contribution in [0.15, 0.2) is 30.5 Å². The molecule has 17 heavy (non-hydrogen) atoms. The van der Waals surface area contributed by atoms with Crippen LogP contribution in [0.3, 0.4) is 0 Å². The van der Waals surface area contributed by atoms with Gasteiger partial charge in [0.2, 0.25) is 5.95 Å². The summed E-state index contributed by atoms with van der Waals surface area (Å²) in [6, 6.07) is 6.66. The summed E-state index contributed by atoms with van der Waals surface area (Å²) in [5.74, 6) is -0.686. The summed E-state index contributed by atoms with van der Waals surface area (Å²) in [6.45, 7) is -0.412. The van der Waals surface area contributed by atoms with Crippen molar-refractivity contribution in [3.8, 4) is 11.1 Å². The smallest absolute Gasteiger partial charge is 0.218 e. The number of hydrogen-bond acceptors (Lipinski definition) is 2. The lowest BCUT2D eigenvalue weighted by Gasteiger charge is -2.07. The van der Waals surface area contributed by atoms with Crippen molar-refractivity contribution in [1.29, 1.82) is 0 Å². The Morgan fingerprint density at radius 3 is 2.76 bits per heavy atom. The quantitative estimate of drug-likeness (QED) is 0.846. The number of aromatic nitrogens is 1. The zero-order valence-electron chi connectivity index (χ0n) is 8.62. The second-order valence-electron chi connectivity index (χ2n) is 3.43. The number of rotatable bonds is 2. The Bertz CT molecular complexity index is 560. The minimum atomic E-state index is -0.686. The zero-order chi connectivity index (χ0) is 12.4. The fourth-order valence-electron chi connectivity index (χ4n) is 1.48. The maximum absolute atomic E-state index is 13.1. The summed E-state index contributed by atoms with van der Waals surface area (Å²) in [7, 11) is 0.